The van der Waals surface area contributed by atoms with Crippen LogP contribution >= 0.6 is 11.3 Å². The molecule has 1 saturated heterocycles. The summed E-state index contributed by atoms with van der Waals surface area (Å²) in [5, 5.41) is 17.9. The number of aliphatic hydroxyl groups excluding tert-OH is 1. The molecule has 5 N–H and O–H groups in total. The maximum atomic E-state index is 16.9. The normalized spacial score (nSPS) is 17.3. The molecule has 16 nitrogen and oxygen atoms in total. The number of benzene rings is 2. The number of rotatable bonds is 15. The largest absolute Gasteiger partial charge is 0.464 e. The number of nitrogens with zero attached hydrogens (tertiary/aromatic N) is 5. The average Bonchev–Trinajstić information content (AvgIpc) is 4.18. The number of hydrogen-bond donors (Lipinski definition) is 5. The third-order valence-electron chi connectivity index (χ3n) is 13.1. The number of aromatic amines is 2. The van der Waals surface area contributed by atoms with Crippen molar-refractivity contribution in [3.63, 3.8) is 0 Å². The summed E-state index contributed by atoms with van der Waals surface area (Å²) in [7, 11) is 2.57. The Labute approximate surface area is 406 Å². The van der Waals surface area contributed by atoms with E-state index in [-0.39, 0.29) is 35.7 Å². The lowest BCUT2D eigenvalue weighted by Crippen LogP contribution is -2.54. The number of nitrogens with one attached hydrogen (secondary N) is 4. The van der Waals surface area contributed by atoms with Crippen LogP contribution in [-0.2, 0) is 26.2 Å². The highest BCUT2D eigenvalue weighted by molar-refractivity contribution is 7.12. The van der Waals surface area contributed by atoms with Crippen LogP contribution < -0.4 is 15.4 Å². The molecule has 2 aromatic carbocycles. The monoisotopic (exact) mass is 965 g/mol. The fourth-order valence-corrected chi connectivity index (χ4v) is 10.5. The van der Waals surface area contributed by atoms with Gasteiger partial charge >= 0.3 is 12.2 Å². The third kappa shape index (κ3) is 9.97. The first-order chi connectivity index (χ1) is 32.9. The van der Waals surface area contributed by atoms with Crippen LogP contribution in [0.15, 0.2) is 60.9 Å². The third-order valence-corrected chi connectivity index (χ3v) is 14.6. The second-order valence-electron chi connectivity index (χ2n) is 19.7. The van der Waals surface area contributed by atoms with Crippen molar-refractivity contribution in [3.05, 3.63) is 88.1 Å². The summed E-state index contributed by atoms with van der Waals surface area (Å²) < 4.78 is 35.5. The average molecular weight is 966 g/mol. The predicted molar refractivity (Wildman–Crippen MR) is 263 cm³/mol. The first-order valence-electron chi connectivity index (χ1n) is 23.7. The van der Waals surface area contributed by atoms with E-state index < -0.39 is 42.5 Å². The molecule has 69 heavy (non-hydrogen) atoms. The van der Waals surface area contributed by atoms with Gasteiger partial charge in [0.15, 0.2) is 0 Å². The summed E-state index contributed by atoms with van der Waals surface area (Å²) in [6.07, 6.45) is 2.92. The molecule has 368 valence electrons. The van der Waals surface area contributed by atoms with Crippen LogP contribution in [0.1, 0.15) is 108 Å². The maximum absolute atomic E-state index is 16.9. The number of hydrogen-bond acceptors (Lipinski definition) is 11. The van der Waals surface area contributed by atoms with Gasteiger partial charge in [-0.2, -0.15) is 0 Å². The fraction of sp³-hybridized carbons (Fsp3) is 0.471. The molecule has 0 radical (unpaired) electrons. The van der Waals surface area contributed by atoms with Crippen molar-refractivity contribution in [2.45, 2.75) is 117 Å². The van der Waals surface area contributed by atoms with E-state index in [1.54, 1.807) is 28.6 Å². The van der Waals surface area contributed by atoms with E-state index in [0.29, 0.717) is 53.6 Å². The summed E-state index contributed by atoms with van der Waals surface area (Å²) in [5.74, 6) is 0.631. The van der Waals surface area contributed by atoms with Crippen LogP contribution in [0.2, 0.25) is 0 Å². The van der Waals surface area contributed by atoms with E-state index in [4.69, 9.17) is 19.2 Å². The number of carbonyl (C=O) groups is 3. The second kappa shape index (κ2) is 20.0. The number of imidazole rings is 2. The SMILES string of the molecule is CCCN(Cc1ncc(-c2cc(F)c3c(c2)OC(c2ccc(C(C)(C)C)s2)n2c-3cc3cc(-c4cnc([C@@H]5CCCN5C(O)[C@@H](NC(=O)OC)C(C)C)[nH]4)ccc32)[nH]1)C(=O)[C@@H](NC(=O)OC)C(C)C. The maximum Gasteiger partial charge on any atom is 0.407 e. The number of thiophene rings is 1. The predicted octanol–water partition coefficient (Wildman–Crippen LogP) is 9.48. The van der Waals surface area contributed by atoms with E-state index in [2.05, 4.69) is 69.1 Å². The molecule has 0 aliphatic carbocycles. The molecule has 0 bridgehead atoms. The molecule has 8 rings (SSSR count). The van der Waals surface area contributed by atoms with E-state index >= 15 is 4.39 Å². The zero-order valence-electron chi connectivity index (χ0n) is 41.0. The minimum absolute atomic E-state index is 0.0553. The van der Waals surface area contributed by atoms with Gasteiger partial charge in [-0.05, 0) is 79.0 Å². The standard InChI is InChI=1S/C51H64FN9O7S/c1-11-18-59(46(62)43(27(2)3)57-49(64)66-9)26-41-53-24-34(55-41)30-21-32(52)42-37-22-31-20-29(14-15-35(31)61(37)48(68-38(42)23-30)39-16-17-40(69-39)51(6,7)8)33-25-54-45(56-33)36-13-12-19-60(36)47(63)44(28(4)5)58-50(65)67-10/h14-17,20-25,27-28,36,43-44,47-48,63H,11-13,18-19,26H2,1-10H3,(H,53,55)(H,54,56)(H,57,64)(H,58,65)/t36-,43-,44-,47?,48?/m0/s1. The molecule has 18 heteroatoms. The Morgan fingerprint density at radius 2 is 1.68 bits per heavy atom. The van der Waals surface area contributed by atoms with Gasteiger partial charge in [-0.25, -0.2) is 23.9 Å². The fourth-order valence-electron chi connectivity index (χ4n) is 9.42. The van der Waals surface area contributed by atoms with E-state index in [1.807, 2.05) is 63.8 Å². The number of H-pyrrole nitrogens is 2. The summed E-state index contributed by atoms with van der Waals surface area (Å²) in [4.78, 5) is 60.1. The zero-order valence-corrected chi connectivity index (χ0v) is 41.8. The molecule has 1 fully saturated rings. The van der Waals surface area contributed by atoms with Crippen LogP contribution in [-0.4, -0.2) is 103 Å². The van der Waals surface area contributed by atoms with Crippen molar-refractivity contribution in [2.24, 2.45) is 11.8 Å². The number of ether oxygens (including phenoxy) is 3. The number of aliphatic hydroxyl groups is 1. The second-order valence-corrected chi connectivity index (χ2v) is 20.8. The molecule has 5 atom stereocenters. The number of aromatic nitrogens is 5. The number of fused-ring (bicyclic) bond motifs is 5. The van der Waals surface area contributed by atoms with Crippen molar-refractivity contribution < 1.29 is 38.1 Å². The zero-order chi connectivity index (χ0) is 49.5. The smallest absolute Gasteiger partial charge is 0.407 e. The Balaban J connectivity index is 1.12. The Bertz CT molecular complexity index is 2820. The molecule has 0 saturated carbocycles. The molecule has 2 aliphatic rings. The van der Waals surface area contributed by atoms with Crippen LogP contribution in [0, 0.1) is 17.7 Å². The molecule has 4 aromatic heterocycles. The van der Waals surface area contributed by atoms with E-state index in [0.717, 1.165) is 45.7 Å². The lowest BCUT2D eigenvalue weighted by atomic mass is 9.95. The summed E-state index contributed by atoms with van der Waals surface area (Å²) in [6, 6.07) is 14.1. The minimum Gasteiger partial charge on any atom is -0.464 e. The quantitative estimate of drug-likeness (QED) is 0.0662. The highest BCUT2D eigenvalue weighted by atomic mass is 32.1. The molecule has 2 aliphatic heterocycles. The van der Waals surface area contributed by atoms with Gasteiger partial charge in [0.05, 0.1) is 78.3 Å². The number of amides is 3. The van der Waals surface area contributed by atoms with Gasteiger partial charge < -0.3 is 44.8 Å². The Kier molecular flexibility index (Phi) is 14.3. The van der Waals surface area contributed by atoms with Gasteiger partial charge in [0.1, 0.15) is 35.5 Å². The highest BCUT2D eigenvalue weighted by Gasteiger charge is 2.39. The van der Waals surface area contributed by atoms with E-state index in [9.17, 15) is 19.5 Å². The molecule has 2 unspecified atom stereocenters. The lowest BCUT2D eigenvalue weighted by molar-refractivity contribution is -0.135. The topological polar surface area (TPSA) is 192 Å². The summed E-state index contributed by atoms with van der Waals surface area (Å²) in [5.41, 5.74) is 4.54. The first kappa shape index (κ1) is 49.2. The molecular formula is C51H64FN9O7S. The van der Waals surface area contributed by atoms with Gasteiger partial charge in [0, 0.05) is 34.5 Å². The van der Waals surface area contributed by atoms with Crippen molar-refractivity contribution in [1.82, 2.24) is 44.9 Å². The van der Waals surface area contributed by atoms with E-state index in [1.165, 1.54) is 25.2 Å². The minimum atomic E-state index is -0.955. The summed E-state index contributed by atoms with van der Waals surface area (Å²) in [6.45, 7) is 17.3. The Morgan fingerprint density at radius 1 is 0.957 bits per heavy atom. The van der Waals surface area contributed by atoms with Crippen LogP contribution in [0.25, 0.3) is 44.7 Å². The Morgan fingerprint density at radius 3 is 2.36 bits per heavy atom. The van der Waals surface area contributed by atoms with Gasteiger partial charge in [0.25, 0.3) is 0 Å². The summed E-state index contributed by atoms with van der Waals surface area (Å²) >= 11 is 1.67. The molecule has 6 aromatic rings. The van der Waals surface area contributed by atoms with Crippen molar-refractivity contribution >= 4 is 40.3 Å². The number of alkyl carbamates (subject to hydrolysis) is 2. The highest BCUT2D eigenvalue weighted by Crippen LogP contribution is 2.49. The van der Waals surface area contributed by atoms with Gasteiger partial charge in [-0.15, -0.1) is 11.3 Å². The van der Waals surface area contributed by atoms with Crippen LogP contribution in [0.5, 0.6) is 5.75 Å². The number of likely N-dealkylation sites (tertiary alicyclic amines) is 1. The Hall–Kier alpha value is -6.24. The van der Waals surface area contributed by atoms with Crippen molar-refractivity contribution in [3.8, 4) is 39.5 Å². The molecule has 3 amide bonds. The van der Waals surface area contributed by atoms with Crippen molar-refractivity contribution in [1.29, 1.82) is 0 Å². The van der Waals surface area contributed by atoms with Crippen molar-refractivity contribution in [2.75, 3.05) is 27.3 Å². The number of halogens is 1. The van der Waals surface area contributed by atoms with Crippen LogP contribution in [0.3, 0.4) is 0 Å². The van der Waals surface area contributed by atoms with Gasteiger partial charge in [-0.1, -0.05) is 61.5 Å². The number of methoxy groups -OCH3 is 2. The van der Waals surface area contributed by atoms with Crippen LogP contribution in [0.4, 0.5) is 14.0 Å². The van der Waals surface area contributed by atoms with Gasteiger partial charge in [0.2, 0.25) is 12.1 Å². The lowest BCUT2D eigenvalue weighted by Gasteiger charge is -2.35. The molecule has 6 heterocycles. The molecule has 0 spiro atoms. The molecular weight excluding hydrogens is 902 g/mol. The van der Waals surface area contributed by atoms with Gasteiger partial charge in [-0.3, -0.25) is 14.3 Å². The first-order valence-corrected chi connectivity index (χ1v) is 24.5. The number of carbonyl (C=O) groups excluding carboxylic acids is 3.